The number of hydrogen-bond donors (Lipinski definition) is 2. The van der Waals surface area contributed by atoms with E-state index in [1.165, 1.54) is 5.56 Å². The number of imidazole rings is 1. The Morgan fingerprint density at radius 2 is 1.60 bits per heavy atom. The van der Waals surface area contributed by atoms with E-state index in [0.29, 0.717) is 19.0 Å². The van der Waals surface area contributed by atoms with Crippen LogP contribution in [-0.4, -0.2) is 49.3 Å². The van der Waals surface area contributed by atoms with Gasteiger partial charge in [-0.25, -0.2) is 9.78 Å². The van der Waals surface area contributed by atoms with Gasteiger partial charge in [0.2, 0.25) is 5.82 Å². The number of ether oxygens (including phenoxy) is 1. The highest BCUT2D eigenvalue weighted by Gasteiger charge is 2.49. The minimum absolute atomic E-state index is 0.101. The maximum absolute atomic E-state index is 12.4. The quantitative estimate of drug-likeness (QED) is 0.162. The fraction of sp³-hybridized carbons (Fsp3) is 0.353. The Morgan fingerprint density at radius 1 is 1.00 bits per heavy atom. The van der Waals surface area contributed by atoms with Gasteiger partial charge in [0, 0.05) is 18.3 Å². The van der Waals surface area contributed by atoms with Crippen LogP contribution in [-0.2, 0) is 17.7 Å². The minimum Gasteiger partial charge on any atom is -0.460 e. The Hall–Kier alpha value is -3.46. The zero-order valence-electron chi connectivity index (χ0n) is 25.2. The third-order valence-electron chi connectivity index (χ3n) is 8.26. The molecule has 0 aliphatic carbocycles. The number of aromatic nitrogens is 2. The Morgan fingerprint density at radius 3 is 2.12 bits per heavy atom. The smallest absolute Gasteiger partial charge is 0.374 e. The summed E-state index contributed by atoms with van der Waals surface area (Å²) in [5.74, 6) is -0.0841. The third-order valence-corrected chi connectivity index (χ3v) is 12.8. The van der Waals surface area contributed by atoms with Crippen LogP contribution in [0.25, 0.3) is 11.3 Å². The average molecular weight is 580 g/mol. The first-order valence-corrected chi connectivity index (χ1v) is 16.8. The molecule has 4 rings (SSSR count). The van der Waals surface area contributed by atoms with Crippen molar-refractivity contribution in [2.75, 3.05) is 6.61 Å². The highest BCUT2D eigenvalue weighted by Crippen LogP contribution is 2.40. The van der Waals surface area contributed by atoms with Crippen molar-refractivity contribution in [3.63, 3.8) is 0 Å². The van der Waals surface area contributed by atoms with Gasteiger partial charge in [0.15, 0.2) is 7.98 Å². The molecular formula is C34H42BN3O3Si. The van der Waals surface area contributed by atoms with Crippen molar-refractivity contribution in [1.29, 1.82) is 0 Å². The summed E-state index contributed by atoms with van der Waals surface area (Å²) in [6.45, 7) is 9.13. The van der Waals surface area contributed by atoms with Gasteiger partial charge in [-0.15, -0.1) is 0 Å². The summed E-state index contributed by atoms with van der Waals surface area (Å²) < 4.78 is 6.97. The molecule has 218 valence electrons. The van der Waals surface area contributed by atoms with Crippen molar-refractivity contribution in [2.45, 2.75) is 71.0 Å². The molecule has 0 spiro atoms. The van der Waals surface area contributed by atoms with Crippen LogP contribution in [0.15, 0.2) is 91.1 Å². The molecule has 2 N–H and O–H groups in total. The number of nitrogens with zero attached hydrogens (tertiary/aromatic N) is 2. The number of carbonyl (C=O) groups is 1. The summed E-state index contributed by atoms with van der Waals surface area (Å²) in [4.78, 5) is 29.2. The standard InChI is InChI=1S/C34H42BN3O3Si/c1-5-38-25-31(36-32(38)33(39)41-6-2)27-21-19-26(20-22-27)24-28(37-35)14-13-23-34(3,4)42(40,29-15-9-7-10-16-29)30-17-11-8-12-18-30/h7-12,15-22,25,28,37,40H,5-6,13-14,23-24H2,1-4H3. The molecule has 4 aromatic rings. The molecule has 0 saturated carbocycles. The normalized spacial score (nSPS) is 12.7. The van der Waals surface area contributed by atoms with E-state index in [-0.39, 0.29) is 11.1 Å². The Balaban J connectivity index is 1.42. The topological polar surface area (TPSA) is 76.4 Å². The highest BCUT2D eigenvalue weighted by molar-refractivity contribution is 6.98. The maximum Gasteiger partial charge on any atom is 0.374 e. The zero-order chi connectivity index (χ0) is 30.2. The largest absolute Gasteiger partial charge is 0.460 e. The molecule has 3 aromatic carbocycles. The van der Waals surface area contributed by atoms with Crippen LogP contribution in [0.1, 0.15) is 63.1 Å². The molecule has 1 atom stereocenters. The lowest BCUT2D eigenvalue weighted by atomic mass is 9.96. The van der Waals surface area contributed by atoms with Crippen molar-refractivity contribution in [2.24, 2.45) is 0 Å². The van der Waals surface area contributed by atoms with Crippen LogP contribution >= 0.6 is 0 Å². The molecule has 0 saturated heterocycles. The zero-order valence-corrected chi connectivity index (χ0v) is 26.2. The van der Waals surface area contributed by atoms with E-state index in [2.05, 4.69) is 60.5 Å². The molecule has 42 heavy (non-hydrogen) atoms. The predicted molar refractivity (Wildman–Crippen MR) is 174 cm³/mol. The van der Waals surface area contributed by atoms with E-state index < -0.39 is 14.3 Å². The van der Waals surface area contributed by atoms with Gasteiger partial charge in [-0.3, -0.25) is 0 Å². The molecule has 6 nitrogen and oxygen atoms in total. The maximum atomic E-state index is 12.4. The minimum atomic E-state index is -3.03. The van der Waals surface area contributed by atoms with Gasteiger partial charge in [0.25, 0.3) is 8.32 Å². The summed E-state index contributed by atoms with van der Waals surface area (Å²) in [6, 6.07) is 28.7. The van der Waals surface area contributed by atoms with E-state index in [0.717, 1.165) is 47.3 Å². The lowest BCUT2D eigenvalue weighted by molar-refractivity contribution is 0.0506. The molecule has 0 bridgehead atoms. The second-order valence-electron chi connectivity index (χ2n) is 11.4. The van der Waals surface area contributed by atoms with E-state index in [1.807, 2.05) is 66.2 Å². The van der Waals surface area contributed by atoms with Crippen molar-refractivity contribution in [3.05, 3.63) is 103 Å². The SMILES string of the molecule is [B]NC(CCCC(C)(C)[Si](O)(c1ccccc1)c1ccccc1)Cc1ccc(-c2cn(CC)c(C(=O)OCC)n2)cc1. The lowest BCUT2D eigenvalue weighted by Crippen LogP contribution is -2.65. The Labute approximate surface area is 252 Å². The summed E-state index contributed by atoms with van der Waals surface area (Å²) in [6.07, 6.45) is 5.37. The molecule has 1 heterocycles. The molecule has 1 aromatic heterocycles. The number of hydrogen-bond acceptors (Lipinski definition) is 5. The van der Waals surface area contributed by atoms with Crippen molar-refractivity contribution < 1.29 is 14.3 Å². The van der Waals surface area contributed by atoms with Crippen molar-refractivity contribution in [3.8, 4) is 11.3 Å². The van der Waals surface area contributed by atoms with Crippen LogP contribution in [0, 0.1) is 0 Å². The number of nitrogens with one attached hydrogen (secondary N) is 1. The van der Waals surface area contributed by atoms with Crippen molar-refractivity contribution >= 4 is 32.6 Å². The molecule has 2 radical (unpaired) electrons. The van der Waals surface area contributed by atoms with Gasteiger partial charge in [-0.05, 0) is 60.1 Å². The highest BCUT2D eigenvalue weighted by atomic mass is 28.4. The van der Waals surface area contributed by atoms with Gasteiger partial charge < -0.3 is 19.3 Å². The van der Waals surface area contributed by atoms with E-state index in [4.69, 9.17) is 12.7 Å². The first-order chi connectivity index (χ1) is 20.2. The molecule has 8 heteroatoms. The van der Waals surface area contributed by atoms with Gasteiger partial charge in [-0.2, -0.15) is 0 Å². The average Bonchev–Trinajstić information content (AvgIpc) is 3.46. The fourth-order valence-electron chi connectivity index (χ4n) is 5.77. The van der Waals surface area contributed by atoms with Crippen LogP contribution in [0.4, 0.5) is 0 Å². The van der Waals surface area contributed by atoms with E-state index >= 15 is 0 Å². The summed E-state index contributed by atoms with van der Waals surface area (Å²) >= 11 is 0. The molecule has 0 aliphatic heterocycles. The summed E-state index contributed by atoms with van der Waals surface area (Å²) in [7, 11) is 2.97. The molecule has 0 aliphatic rings. The summed E-state index contributed by atoms with van der Waals surface area (Å²) in [5.41, 5.74) is 2.86. The van der Waals surface area contributed by atoms with E-state index in [9.17, 15) is 9.59 Å². The predicted octanol–water partition coefficient (Wildman–Crippen LogP) is 5.03. The monoisotopic (exact) mass is 579 g/mol. The van der Waals surface area contributed by atoms with Gasteiger partial charge in [0.05, 0.1) is 12.3 Å². The van der Waals surface area contributed by atoms with Crippen LogP contribution in [0.5, 0.6) is 0 Å². The second-order valence-corrected chi connectivity index (χ2v) is 15.4. The molecule has 0 amide bonds. The number of rotatable bonds is 14. The fourth-order valence-corrected chi connectivity index (χ4v) is 9.56. The Kier molecular flexibility index (Phi) is 10.6. The number of esters is 1. The number of aryl methyl sites for hydroxylation is 1. The van der Waals surface area contributed by atoms with E-state index in [1.54, 1.807) is 6.92 Å². The molecule has 0 fully saturated rings. The van der Waals surface area contributed by atoms with Gasteiger partial charge in [0.1, 0.15) is 0 Å². The van der Waals surface area contributed by atoms with Crippen LogP contribution < -0.4 is 15.6 Å². The first-order valence-electron chi connectivity index (χ1n) is 14.9. The third kappa shape index (κ3) is 6.94. The number of benzene rings is 3. The Bertz CT molecular complexity index is 1390. The first kappa shape index (κ1) is 31.5. The molecular weight excluding hydrogens is 537 g/mol. The van der Waals surface area contributed by atoms with Crippen LogP contribution in [0.2, 0.25) is 5.04 Å². The lowest BCUT2D eigenvalue weighted by Gasteiger charge is -2.41. The number of carbonyl (C=O) groups excluding carboxylic acids is 1. The molecule has 1 unspecified atom stereocenters. The van der Waals surface area contributed by atoms with Crippen molar-refractivity contribution in [1.82, 2.24) is 14.8 Å². The van der Waals surface area contributed by atoms with Gasteiger partial charge in [-0.1, -0.05) is 105 Å². The van der Waals surface area contributed by atoms with Crippen LogP contribution in [0.3, 0.4) is 0 Å². The summed E-state index contributed by atoms with van der Waals surface area (Å²) in [5, 5.41) is 4.79. The second kappa shape index (κ2) is 14.1. The van der Waals surface area contributed by atoms with Gasteiger partial charge >= 0.3 is 5.97 Å².